The third-order valence-electron chi connectivity index (χ3n) is 2.78. The number of hydrogen-bond acceptors (Lipinski definition) is 2. The smallest absolute Gasteiger partial charge is 0.133 e. The summed E-state index contributed by atoms with van der Waals surface area (Å²) in [5, 5.41) is 0. The van der Waals surface area contributed by atoms with E-state index in [1.54, 1.807) is 14.2 Å². The van der Waals surface area contributed by atoms with Crippen molar-refractivity contribution in [1.29, 1.82) is 0 Å². The summed E-state index contributed by atoms with van der Waals surface area (Å²) in [5.41, 5.74) is 2.50. The van der Waals surface area contributed by atoms with Crippen molar-refractivity contribution < 1.29 is 9.47 Å². The lowest BCUT2D eigenvalue weighted by Gasteiger charge is -2.07. The van der Waals surface area contributed by atoms with E-state index >= 15 is 0 Å². The Morgan fingerprint density at radius 1 is 0.889 bits per heavy atom. The van der Waals surface area contributed by atoms with Gasteiger partial charge in [-0.3, -0.25) is 0 Å². The first-order valence-corrected chi connectivity index (χ1v) is 6.47. The minimum atomic E-state index is 0.855. The molecule has 0 amide bonds. The van der Waals surface area contributed by atoms with Crippen molar-refractivity contribution in [2.75, 3.05) is 14.2 Å². The van der Waals surface area contributed by atoms with E-state index in [0.717, 1.165) is 22.4 Å². The van der Waals surface area contributed by atoms with Crippen LogP contribution >= 0.6 is 15.9 Å². The third-order valence-corrected chi connectivity index (χ3v) is 3.40. The maximum Gasteiger partial charge on any atom is 0.133 e. The topological polar surface area (TPSA) is 18.5 Å². The Balaban J connectivity index is 2.15. The molecule has 0 radical (unpaired) electrons. The van der Waals surface area contributed by atoms with Gasteiger partial charge in [0.1, 0.15) is 11.5 Å². The van der Waals surface area contributed by atoms with E-state index in [9.17, 15) is 0 Å². The zero-order valence-corrected chi connectivity index (χ0v) is 12.0. The van der Waals surface area contributed by atoms with Gasteiger partial charge in [-0.1, -0.05) is 18.2 Å². The molecule has 2 rings (SSSR count). The average Bonchev–Trinajstić information content (AvgIpc) is 2.40. The predicted molar refractivity (Wildman–Crippen MR) is 76.5 cm³/mol. The quantitative estimate of drug-likeness (QED) is 0.848. The van der Waals surface area contributed by atoms with Crippen LogP contribution in [-0.2, 0) is 6.42 Å². The summed E-state index contributed by atoms with van der Waals surface area (Å²) in [6.45, 7) is 0. The molecule has 0 saturated heterocycles. The van der Waals surface area contributed by atoms with Crippen molar-refractivity contribution in [1.82, 2.24) is 0 Å². The van der Waals surface area contributed by atoms with Crippen LogP contribution in [0.5, 0.6) is 11.5 Å². The Labute approximate surface area is 116 Å². The van der Waals surface area contributed by atoms with E-state index in [2.05, 4.69) is 40.2 Å². The molecule has 0 aromatic heterocycles. The molecular formula is C15H15BrO2. The Morgan fingerprint density at radius 2 is 1.56 bits per heavy atom. The second kappa shape index (κ2) is 5.91. The van der Waals surface area contributed by atoms with Crippen molar-refractivity contribution in [2.24, 2.45) is 0 Å². The van der Waals surface area contributed by atoms with Crippen LogP contribution in [0.15, 0.2) is 46.9 Å². The summed E-state index contributed by atoms with van der Waals surface area (Å²) in [6.07, 6.45) is 0.895. The van der Waals surface area contributed by atoms with Gasteiger partial charge in [0.15, 0.2) is 0 Å². The fourth-order valence-corrected chi connectivity index (χ4v) is 2.39. The summed E-state index contributed by atoms with van der Waals surface area (Å²) in [4.78, 5) is 0. The van der Waals surface area contributed by atoms with E-state index in [0.29, 0.717) is 0 Å². The van der Waals surface area contributed by atoms with Crippen LogP contribution in [-0.4, -0.2) is 14.2 Å². The second-order valence-corrected chi connectivity index (χ2v) is 4.85. The number of halogens is 1. The average molecular weight is 307 g/mol. The molecule has 0 saturated carbocycles. The molecule has 0 fully saturated rings. The number of methoxy groups -OCH3 is 2. The molecule has 3 heteroatoms. The molecule has 18 heavy (non-hydrogen) atoms. The van der Waals surface area contributed by atoms with E-state index < -0.39 is 0 Å². The molecule has 0 bridgehead atoms. The van der Waals surface area contributed by atoms with E-state index in [-0.39, 0.29) is 0 Å². The fraction of sp³-hybridized carbons (Fsp3) is 0.200. The van der Waals surface area contributed by atoms with Crippen molar-refractivity contribution >= 4 is 15.9 Å². The minimum Gasteiger partial charge on any atom is -0.497 e. The zero-order chi connectivity index (χ0) is 13.0. The Morgan fingerprint density at radius 3 is 2.11 bits per heavy atom. The number of benzene rings is 2. The standard InChI is InChI=1S/C15H15BrO2/c1-17-13-6-3-11(4-7-13)9-12-5-8-15(18-2)14(16)10-12/h3-8,10H,9H2,1-2H3. The molecule has 2 nitrogen and oxygen atoms in total. The summed E-state index contributed by atoms with van der Waals surface area (Å²) in [6, 6.07) is 14.3. The van der Waals surface area contributed by atoms with Gasteiger partial charge in [-0.05, 0) is 57.7 Å². The molecule has 0 spiro atoms. The second-order valence-electron chi connectivity index (χ2n) is 3.99. The molecule has 0 aliphatic carbocycles. The first-order valence-electron chi connectivity index (χ1n) is 5.68. The Kier molecular flexibility index (Phi) is 4.26. The fourth-order valence-electron chi connectivity index (χ4n) is 1.80. The number of rotatable bonds is 4. The van der Waals surface area contributed by atoms with Crippen LogP contribution in [0.25, 0.3) is 0 Å². The molecule has 0 aliphatic heterocycles. The summed E-state index contributed by atoms with van der Waals surface area (Å²) in [7, 11) is 3.35. The van der Waals surface area contributed by atoms with Crippen molar-refractivity contribution in [3.8, 4) is 11.5 Å². The van der Waals surface area contributed by atoms with Crippen LogP contribution in [0, 0.1) is 0 Å². The van der Waals surface area contributed by atoms with Crippen molar-refractivity contribution in [3.05, 3.63) is 58.1 Å². The summed E-state index contributed by atoms with van der Waals surface area (Å²) in [5.74, 6) is 1.74. The van der Waals surface area contributed by atoms with Gasteiger partial charge in [-0.15, -0.1) is 0 Å². The van der Waals surface area contributed by atoms with Gasteiger partial charge in [0.2, 0.25) is 0 Å². The molecule has 0 N–H and O–H groups in total. The van der Waals surface area contributed by atoms with Crippen LogP contribution in [0.2, 0.25) is 0 Å². The molecule has 0 atom stereocenters. The van der Waals surface area contributed by atoms with Gasteiger partial charge in [0, 0.05) is 0 Å². The first-order chi connectivity index (χ1) is 8.72. The highest BCUT2D eigenvalue weighted by molar-refractivity contribution is 9.10. The minimum absolute atomic E-state index is 0.855. The number of hydrogen-bond donors (Lipinski definition) is 0. The van der Waals surface area contributed by atoms with Crippen molar-refractivity contribution in [3.63, 3.8) is 0 Å². The van der Waals surface area contributed by atoms with Crippen LogP contribution < -0.4 is 9.47 Å². The highest BCUT2D eigenvalue weighted by Gasteiger charge is 2.02. The summed E-state index contributed by atoms with van der Waals surface area (Å²) < 4.78 is 11.3. The Hall–Kier alpha value is -1.48. The normalized spacial score (nSPS) is 10.2. The van der Waals surface area contributed by atoms with E-state index in [4.69, 9.17) is 9.47 Å². The molecule has 2 aromatic rings. The SMILES string of the molecule is COc1ccc(Cc2ccc(OC)c(Br)c2)cc1. The lowest BCUT2D eigenvalue weighted by atomic mass is 10.0. The maximum absolute atomic E-state index is 5.22. The lowest BCUT2D eigenvalue weighted by molar-refractivity contribution is 0.412. The van der Waals surface area contributed by atoms with Gasteiger partial charge in [-0.25, -0.2) is 0 Å². The van der Waals surface area contributed by atoms with Gasteiger partial charge in [-0.2, -0.15) is 0 Å². The van der Waals surface area contributed by atoms with Crippen LogP contribution in [0.4, 0.5) is 0 Å². The third kappa shape index (κ3) is 3.05. The molecule has 94 valence electrons. The largest absolute Gasteiger partial charge is 0.497 e. The summed E-state index contributed by atoms with van der Waals surface area (Å²) >= 11 is 3.50. The molecular weight excluding hydrogens is 292 g/mol. The van der Waals surface area contributed by atoms with Gasteiger partial charge < -0.3 is 9.47 Å². The monoisotopic (exact) mass is 306 g/mol. The maximum atomic E-state index is 5.22. The van der Waals surface area contributed by atoms with Crippen LogP contribution in [0.1, 0.15) is 11.1 Å². The van der Waals surface area contributed by atoms with E-state index in [1.165, 1.54) is 11.1 Å². The molecule has 0 heterocycles. The van der Waals surface area contributed by atoms with E-state index in [1.807, 2.05) is 18.2 Å². The van der Waals surface area contributed by atoms with Gasteiger partial charge in [0.05, 0.1) is 18.7 Å². The van der Waals surface area contributed by atoms with Gasteiger partial charge >= 0.3 is 0 Å². The van der Waals surface area contributed by atoms with Crippen molar-refractivity contribution in [2.45, 2.75) is 6.42 Å². The Bertz CT molecular complexity index is 521. The lowest BCUT2D eigenvalue weighted by Crippen LogP contribution is -1.91. The molecule has 0 unspecified atom stereocenters. The molecule has 0 aliphatic rings. The van der Waals surface area contributed by atoms with Crippen LogP contribution in [0.3, 0.4) is 0 Å². The highest BCUT2D eigenvalue weighted by Crippen LogP contribution is 2.26. The molecule has 2 aromatic carbocycles. The first kappa shape index (κ1) is 13.0. The zero-order valence-electron chi connectivity index (χ0n) is 10.4. The number of ether oxygens (including phenoxy) is 2. The highest BCUT2D eigenvalue weighted by atomic mass is 79.9. The van der Waals surface area contributed by atoms with Gasteiger partial charge in [0.25, 0.3) is 0 Å². The predicted octanol–water partition coefficient (Wildman–Crippen LogP) is 4.06.